The van der Waals surface area contributed by atoms with E-state index in [9.17, 15) is 9.65 Å². The Morgan fingerprint density at radius 2 is 2.06 bits per heavy atom. The van der Waals surface area contributed by atoms with Crippen LogP contribution in [0.25, 0.3) is 16.8 Å². The van der Waals surface area contributed by atoms with Crippen LogP contribution in [0.1, 0.15) is 34.4 Å². The van der Waals surface area contributed by atoms with Crippen molar-refractivity contribution in [3.63, 3.8) is 0 Å². The summed E-state index contributed by atoms with van der Waals surface area (Å²) in [6.07, 6.45) is 6.32. The predicted molar refractivity (Wildman–Crippen MR) is 131 cm³/mol. The van der Waals surface area contributed by atoms with E-state index in [2.05, 4.69) is 21.4 Å². The third kappa shape index (κ3) is 4.43. The normalized spacial score (nSPS) is 12.5. The van der Waals surface area contributed by atoms with Crippen LogP contribution in [0.2, 0.25) is 0 Å². The molecule has 2 aromatic carbocycles. The zero-order valence-electron chi connectivity index (χ0n) is 19.8. The minimum absolute atomic E-state index is 0.210. The van der Waals surface area contributed by atoms with E-state index >= 15 is 0 Å². The van der Waals surface area contributed by atoms with Crippen molar-refractivity contribution < 1.29 is 13.9 Å². The van der Waals surface area contributed by atoms with E-state index in [0.717, 1.165) is 47.3 Å². The number of aryl methyl sites for hydroxylation is 2. The van der Waals surface area contributed by atoms with Crippen LogP contribution in [0.5, 0.6) is 5.75 Å². The SMILES string of the molecule is COCCOc1ccc(-c2cnc(NCc3c(F)ccc4c3CCC4)n3cc(C#N)nc23)c(C)c1. The molecule has 0 radical (unpaired) electrons. The predicted octanol–water partition coefficient (Wildman–Crippen LogP) is 4.84. The molecule has 1 aliphatic rings. The average Bonchev–Trinajstić information content (AvgIpc) is 3.51. The lowest BCUT2D eigenvalue weighted by Crippen LogP contribution is -2.10. The molecule has 4 aromatic rings. The largest absolute Gasteiger partial charge is 0.491 e. The first-order valence-corrected chi connectivity index (χ1v) is 11.6. The summed E-state index contributed by atoms with van der Waals surface area (Å²) in [6.45, 7) is 3.29. The van der Waals surface area contributed by atoms with Crippen molar-refractivity contribution in [3.05, 3.63) is 76.5 Å². The van der Waals surface area contributed by atoms with Crippen LogP contribution in [-0.4, -0.2) is 34.7 Å². The molecule has 8 heteroatoms. The van der Waals surface area contributed by atoms with Crippen molar-refractivity contribution in [3.8, 4) is 22.9 Å². The molecule has 0 unspecified atom stereocenters. The van der Waals surface area contributed by atoms with Crippen LogP contribution in [0, 0.1) is 24.1 Å². The maximum Gasteiger partial charge on any atom is 0.208 e. The lowest BCUT2D eigenvalue weighted by atomic mass is 10.0. The van der Waals surface area contributed by atoms with E-state index < -0.39 is 0 Å². The van der Waals surface area contributed by atoms with Gasteiger partial charge in [0.25, 0.3) is 0 Å². The molecule has 35 heavy (non-hydrogen) atoms. The fourth-order valence-corrected chi connectivity index (χ4v) is 4.70. The minimum atomic E-state index is -0.210. The van der Waals surface area contributed by atoms with Crippen molar-refractivity contribution >= 4 is 11.6 Å². The molecule has 178 valence electrons. The van der Waals surface area contributed by atoms with Gasteiger partial charge >= 0.3 is 0 Å². The highest BCUT2D eigenvalue weighted by Gasteiger charge is 2.19. The molecule has 0 saturated carbocycles. The smallest absolute Gasteiger partial charge is 0.208 e. The molecule has 1 N–H and O–H groups in total. The summed E-state index contributed by atoms with van der Waals surface area (Å²) in [5.41, 5.74) is 6.61. The number of hydrogen-bond acceptors (Lipinski definition) is 6. The number of benzene rings is 2. The number of halogens is 1. The summed E-state index contributed by atoms with van der Waals surface area (Å²) in [5, 5.41) is 12.8. The van der Waals surface area contributed by atoms with E-state index in [4.69, 9.17) is 9.47 Å². The number of anilines is 1. The number of ether oxygens (including phenoxy) is 2. The number of imidazole rings is 1. The number of nitrogens with one attached hydrogen (secondary N) is 1. The van der Waals surface area contributed by atoms with Crippen molar-refractivity contribution in [1.29, 1.82) is 5.26 Å². The monoisotopic (exact) mass is 471 g/mol. The van der Waals surface area contributed by atoms with Gasteiger partial charge in [-0.05, 0) is 66.6 Å². The van der Waals surface area contributed by atoms with Gasteiger partial charge in [0, 0.05) is 31.0 Å². The van der Waals surface area contributed by atoms with Gasteiger partial charge in [0.05, 0.1) is 12.8 Å². The summed E-state index contributed by atoms with van der Waals surface area (Å²) in [5.74, 6) is 1.05. The fourth-order valence-electron chi connectivity index (χ4n) is 4.70. The number of nitriles is 1. The number of fused-ring (bicyclic) bond motifs is 2. The maximum absolute atomic E-state index is 14.6. The molecule has 0 atom stereocenters. The van der Waals surface area contributed by atoms with E-state index in [-0.39, 0.29) is 11.5 Å². The Morgan fingerprint density at radius 1 is 1.17 bits per heavy atom. The van der Waals surface area contributed by atoms with Gasteiger partial charge < -0.3 is 14.8 Å². The van der Waals surface area contributed by atoms with Gasteiger partial charge in [-0.2, -0.15) is 5.26 Å². The van der Waals surface area contributed by atoms with E-state index in [1.807, 2.05) is 31.2 Å². The number of aromatic nitrogens is 3. The molecule has 5 rings (SSSR count). The molecule has 0 spiro atoms. The van der Waals surface area contributed by atoms with E-state index in [0.29, 0.717) is 36.9 Å². The van der Waals surface area contributed by atoms with Crippen molar-refractivity contribution in [1.82, 2.24) is 14.4 Å². The number of rotatable bonds is 8. The number of methoxy groups -OCH3 is 1. The summed E-state index contributed by atoms with van der Waals surface area (Å²) < 4.78 is 27.2. The molecule has 7 nitrogen and oxygen atoms in total. The molecule has 2 aromatic heterocycles. The summed E-state index contributed by atoms with van der Waals surface area (Å²) in [6, 6.07) is 11.4. The average molecular weight is 472 g/mol. The maximum atomic E-state index is 14.6. The van der Waals surface area contributed by atoms with Crippen LogP contribution in [0.4, 0.5) is 10.3 Å². The van der Waals surface area contributed by atoms with Crippen LogP contribution < -0.4 is 10.1 Å². The summed E-state index contributed by atoms with van der Waals surface area (Å²) in [4.78, 5) is 9.15. The zero-order chi connectivity index (χ0) is 24.4. The fraction of sp³-hybridized carbons (Fsp3) is 0.296. The first-order chi connectivity index (χ1) is 17.1. The second kappa shape index (κ2) is 9.72. The Kier molecular flexibility index (Phi) is 6.34. The molecule has 0 saturated heterocycles. The van der Waals surface area contributed by atoms with Crippen LogP contribution in [0.3, 0.4) is 0 Å². The van der Waals surface area contributed by atoms with Gasteiger partial charge in [0.1, 0.15) is 24.2 Å². The van der Waals surface area contributed by atoms with Crippen LogP contribution in [0.15, 0.2) is 42.7 Å². The Morgan fingerprint density at radius 3 is 2.86 bits per heavy atom. The Labute approximate surface area is 203 Å². The van der Waals surface area contributed by atoms with Crippen molar-refractivity contribution in [2.24, 2.45) is 0 Å². The van der Waals surface area contributed by atoms with Crippen molar-refractivity contribution in [2.45, 2.75) is 32.7 Å². The van der Waals surface area contributed by atoms with Crippen LogP contribution >= 0.6 is 0 Å². The van der Waals surface area contributed by atoms with Gasteiger partial charge in [-0.25, -0.2) is 14.4 Å². The van der Waals surface area contributed by atoms with Gasteiger partial charge in [-0.15, -0.1) is 0 Å². The van der Waals surface area contributed by atoms with Gasteiger partial charge in [0.2, 0.25) is 5.95 Å². The third-order valence-corrected chi connectivity index (χ3v) is 6.42. The Bertz CT molecular complexity index is 1440. The zero-order valence-corrected chi connectivity index (χ0v) is 19.8. The van der Waals surface area contributed by atoms with Crippen molar-refractivity contribution in [2.75, 3.05) is 25.6 Å². The van der Waals surface area contributed by atoms with E-state index in [1.165, 1.54) is 5.56 Å². The first kappa shape index (κ1) is 22.8. The molecule has 0 amide bonds. The lowest BCUT2D eigenvalue weighted by molar-refractivity contribution is 0.146. The van der Waals surface area contributed by atoms with E-state index in [1.54, 1.807) is 30.0 Å². The summed E-state index contributed by atoms with van der Waals surface area (Å²) >= 11 is 0. The van der Waals surface area contributed by atoms with Gasteiger partial charge in [0.15, 0.2) is 11.3 Å². The lowest BCUT2D eigenvalue weighted by Gasteiger charge is -2.15. The van der Waals surface area contributed by atoms with Gasteiger partial charge in [-0.3, -0.25) is 4.40 Å². The molecule has 0 bridgehead atoms. The highest BCUT2D eigenvalue weighted by Crippen LogP contribution is 2.32. The topological polar surface area (TPSA) is 84.5 Å². The molecule has 2 heterocycles. The Balaban J connectivity index is 1.48. The molecule has 0 aliphatic heterocycles. The Hall–Kier alpha value is -3.96. The standard InChI is InChI=1S/C27H26FN5O2/c1-17-12-20(35-11-10-34-2)7-8-21(17)24-15-31-27(33-16-19(13-29)32-26(24)33)30-14-23-22-5-3-4-18(22)6-9-25(23)28/h6-9,12,15-16H,3-5,10-11,14H2,1-2H3,(H,30,31). The first-order valence-electron chi connectivity index (χ1n) is 11.6. The molecular weight excluding hydrogens is 445 g/mol. The number of hydrogen-bond donors (Lipinski definition) is 1. The second-order valence-corrected chi connectivity index (χ2v) is 8.62. The quantitative estimate of drug-likeness (QED) is 0.370. The summed E-state index contributed by atoms with van der Waals surface area (Å²) in [7, 11) is 1.64. The molecule has 1 aliphatic carbocycles. The van der Waals surface area contributed by atoms with Gasteiger partial charge in [-0.1, -0.05) is 12.1 Å². The highest BCUT2D eigenvalue weighted by molar-refractivity contribution is 5.80. The second-order valence-electron chi connectivity index (χ2n) is 8.62. The highest BCUT2D eigenvalue weighted by atomic mass is 19.1. The minimum Gasteiger partial charge on any atom is -0.491 e. The van der Waals surface area contributed by atoms with Crippen LogP contribution in [-0.2, 0) is 24.1 Å². The molecule has 0 fully saturated rings. The molecular formula is C27H26FN5O2. The number of nitrogens with zero attached hydrogens (tertiary/aromatic N) is 4. The third-order valence-electron chi connectivity index (χ3n) is 6.42.